The first-order chi connectivity index (χ1) is 13.7. The third-order valence-electron chi connectivity index (χ3n) is 6.74. The van der Waals surface area contributed by atoms with Crippen LogP contribution in [0.4, 0.5) is 5.69 Å². The molecule has 2 atom stereocenters. The minimum absolute atomic E-state index is 0.0469. The molecule has 0 aromatic heterocycles. The number of nitrogens with zero attached hydrogens (tertiary/aromatic N) is 1. The Balaban J connectivity index is 1.57. The molecule has 1 saturated heterocycles. The second kappa shape index (κ2) is 5.41. The fourth-order valence-electron chi connectivity index (χ4n) is 5.63. The molecule has 0 radical (unpaired) electrons. The van der Waals surface area contributed by atoms with Crippen molar-refractivity contribution < 1.29 is 9.59 Å². The summed E-state index contributed by atoms with van der Waals surface area (Å²) in [6.07, 6.45) is 0. The molecule has 1 heterocycles. The largest absolute Gasteiger partial charge is 0.274 e. The van der Waals surface area contributed by atoms with E-state index in [-0.39, 0.29) is 35.5 Å². The molecule has 7 rings (SSSR count). The van der Waals surface area contributed by atoms with Crippen LogP contribution < -0.4 is 4.90 Å². The van der Waals surface area contributed by atoms with Crippen molar-refractivity contribution in [2.75, 3.05) is 4.90 Å². The molecule has 3 nitrogen and oxygen atoms in total. The molecule has 2 bridgehead atoms. The molecular formula is C25H19NO2. The quantitative estimate of drug-likeness (QED) is 0.600. The Bertz CT molecular complexity index is 1030. The van der Waals surface area contributed by atoms with Crippen molar-refractivity contribution in [3.63, 3.8) is 0 Å². The van der Waals surface area contributed by atoms with Crippen LogP contribution in [0.25, 0.3) is 0 Å². The molecule has 28 heavy (non-hydrogen) atoms. The molecule has 3 heteroatoms. The van der Waals surface area contributed by atoms with Crippen LogP contribution in [0.15, 0.2) is 72.8 Å². The lowest BCUT2D eigenvalue weighted by molar-refractivity contribution is -0.122. The van der Waals surface area contributed by atoms with Crippen LogP contribution in [0, 0.1) is 18.8 Å². The number of hydrogen-bond donors (Lipinski definition) is 0. The van der Waals surface area contributed by atoms with E-state index in [0.717, 1.165) is 5.56 Å². The van der Waals surface area contributed by atoms with Gasteiger partial charge in [0.15, 0.2) is 0 Å². The summed E-state index contributed by atoms with van der Waals surface area (Å²) < 4.78 is 0. The molecule has 0 N–H and O–H groups in total. The van der Waals surface area contributed by atoms with E-state index in [1.807, 2.05) is 55.5 Å². The minimum atomic E-state index is -0.316. The zero-order chi connectivity index (χ0) is 19.0. The van der Waals surface area contributed by atoms with Gasteiger partial charge in [0.25, 0.3) is 0 Å². The van der Waals surface area contributed by atoms with Crippen molar-refractivity contribution >= 4 is 17.5 Å². The number of carbonyl (C=O) groups is 2. The van der Waals surface area contributed by atoms with Crippen molar-refractivity contribution in [2.24, 2.45) is 11.8 Å². The number of imide groups is 1. The van der Waals surface area contributed by atoms with E-state index in [4.69, 9.17) is 0 Å². The number of amides is 2. The fourth-order valence-corrected chi connectivity index (χ4v) is 5.63. The third-order valence-corrected chi connectivity index (χ3v) is 6.74. The van der Waals surface area contributed by atoms with Crippen LogP contribution in [0.3, 0.4) is 0 Å². The first-order valence-corrected chi connectivity index (χ1v) is 9.79. The molecule has 0 saturated carbocycles. The van der Waals surface area contributed by atoms with Crippen molar-refractivity contribution in [3.05, 3.63) is 101 Å². The van der Waals surface area contributed by atoms with Gasteiger partial charge in [0.1, 0.15) is 0 Å². The van der Waals surface area contributed by atoms with Crippen LogP contribution in [-0.2, 0) is 9.59 Å². The van der Waals surface area contributed by atoms with Gasteiger partial charge in [-0.1, -0.05) is 66.2 Å². The molecule has 136 valence electrons. The summed E-state index contributed by atoms with van der Waals surface area (Å²) in [6.45, 7) is 2.00. The van der Waals surface area contributed by atoms with Crippen molar-refractivity contribution in [1.29, 1.82) is 0 Å². The van der Waals surface area contributed by atoms with Gasteiger partial charge in [-0.2, -0.15) is 0 Å². The maximum Gasteiger partial charge on any atom is 0.238 e. The first-order valence-electron chi connectivity index (χ1n) is 9.79. The summed E-state index contributed by atoms with van der Waals surface area (Å²) in [6, 6.07) is 24.3. The number of aryl methyl sites for hydroxylation is 1. The van der Waals surface area contributed by atoms with Gasteiger partial charge in [-0.15, -0.1) is 0 Å². The average molecular weight is 365 g/mol. The Morgan fingerprint density at radius 1 is 0.607 bits per heavy atom. The summed E-state index contributed by atoms with van der Waals surface area (Å²) in [7, 11) is 0. The Morgan fingerprint density at radius 2 is 1.00 bits per heavy atom. The highest BCUT2D eigenvalue weighted by molar-refractivity contribution is 6.23. The SMILES string of the molecule is Cc1ccc(N2C(=O)C3C4c5ccccc5C(c5ccccc54)C3C2=O)cc1. The molecule has 3 aliphatic carbocycles. The van der Waals surface area contributed by atoms with Crippen molar-refractivity contribution in [1.82, 2.24) is 0 Å². The Morgan fingerprint density at radius 3 is 1.39 bits per heavy atom. The van der Waals surface area contributed by atoms with E-state index in [9.17, 15) is 9.59 Å². The van der Waals surface area contributed by atoms with Gasteiger partial charge in [0.2, 0.25) is 11.8 Å². The summed E-state index contributed by atoms with van der Waals surface area (Å²) in [5.41, 5.74) is 6.63. The lowest BCUT2D eigenvalue weighted by Crippen LogP contribution is -2.41. The van der Waals surface area contributed by atoms with Crippen LogP contribution in [0.5, 0.6) is 0 Å². The highest BCUT2D eigenvalue weighted by Crippen LogP contribution is 2.61. The van der Waals surface area contributed by atoms with Crippen LogP contribution >= 0.6 is 0 Å². The zero-order valence-electron chi connectivity index (χ0n) is 15.5. The summed E-state index contributed by atoms with van der Waals surface area (Å²) in [5.74, 6) is -0.841. The van der Waals surface area contributed by atoms with Gasteiger partial charge < -0.3 is 0 Å². The molecule has 4 aliphatic rings. The first kappa shape index (κ1) is 15.8. The van der Waals surface area contributed by atoms with Crippen LogP contribution in [-0.4, -0.2) is 11.8 Å². The van der Waals surface area contributed by atoms with E-state index in [2.05, 4.69) is 24.3 Å². The second-order valence-corrected chi connectivity index (χ2v) is 8.11. The number of hydrogen-bond acceptors (Lipinski definition) is 2. The van der Waals surface area contributed by atoms with E-state index in [0.29, 0.717) is 5.69 Å². The lowest BCUT2D eigenvalue weighted by atomic mass is 9.55. The third kappa shape index (κ3) is 1.84. The molecule has 1 aliphatic heterocycles. The van der Waals surface area contributed by atoms with E-state index in [1.54, 1.807) is 0 Å². The highest BCUT2D eigenvalue weighted by atomic mass is 16.2. The van der Waals surface area contributed by atoms with E-state index < -0.39 is 0 Å². The van der Waals surface area contributed by atoms with E-state index >= 15 is 0 Å². The molecule has 3 aromatic carbocycles. The normalized spacial score (nSPS) is 26.8. The van der Waals surface area contributed by atoms with Gasteiger partial charge in [0, 0.05) is 11.8 Å². The molecule has 2 unspecified atom stereocenters. The fraction of sp³-hybridized carbons (Fsp3) is 0.200. The monoisotopic (exact) mass is 365 g/mol. The zero-order valence-corrected chi connectivity index (χ0v) is 15.5. The molecular weight excluding hydrogens is 346 g/mol. The number of benzene rings is 3. The summed E-state index contributed by atoms with van der Waals surface area (Å²) >= 11 is 0. The summed E-state index contributed by atoms with van der Waals surface area (Å²) in [5, 5.41) is 0. The Labute approximate surface area is 163 Å². The van der Waals surface area contributed by atoms with Crippen molar-refractivity contribution in [3.8, 4) is 0 Å². The smallest absolute Gasteiger partial charge is 0.238 e. The van der Waals surface area contributed by atoms with Crippen LogP contribution in [0.2, 0.25) is 0 Å². The van der Waals surface area contributed by atoms with Crippen LogP contribution in [0.1, 0.15) is 39.7 Å². The van der Waals surface area contributed by atoms with Gasteiger partial charge in [0.05, 0.1) is 17.5 Å². The van der Waals surface area contributed by atoms with Gasteiger partial charge in [-0.25, -0.2) is 4.90 Å². The van der Waals surface area contributed by atoms with Gasteiger partial charge in [-0.3, -0.25) is 9.59 Å². The Hall–Kier alpha value is -3.20. The van der Waals surface area contributed by atoms with Crippen molar-refractivity contribution in [2.45, 2.75) is 18.8 Å². The highest BCUT2D eigenvalue weighted by Gasteiger charge is 2.61. The predicted octanol–water partition coefficient (Wildman–Crippen LogP) is 4.39. The topological polar surface area (TPSA) is 37.4 Å². The molecule has 3 aromatic rings. The standard InChI is InChI=1S/C25H19NO2/c1-14-10-12-15(13-11-14)26-24(27)22-20-16-6-2-3-7-17(16)21(23(22)25(26)28)19-9-5-4-8-18(19)20/h2-13,20-23H,1H3. The minimum Gasteiger partial charge on any atom is -0.274 e. The second-order valence-electron chi connectivity index (χ2n) is 8.11. The Kier molecular flexibility index (Phi) is 3.06. The van der Waals surface area contributed by atoms with Gasteiger partial charge >= 0.3 is 0 Å². The maximum absolute atomic E-state index is 13.6. The number of rotatable bonds is 1. The van der Waals surface area contributed by atoms with E-state index in [1.165, 1.54) is 27.2 Å². The summed E-state index contributed by atoms with van der Waals surface area (Å²) in [4.78, 5) is 28.5. The predicted molar refractivity (Wildman–Crippen MR) is 107 cm³/mol. The molecule has 2 amide bonds. The molecule has 1 fully saturated rings. The lowest BCUT2D eigenvalue weighted by Gasteiger charge is -2.45. The average Bonchev–Trinajstić information content (AvgIpc) is 3.00. The number of carbonyl (C=O) groups excluding carboxylic acids is 2. The number of anilines is 1. The van der Waals surface area contributed by atoms with Gasteiger partial charge in [-0.05, 0) is 41.3 Å². The maximum atomic E-state index is 13.6. The molecule has 0 spiro atoms.